The van der Waals surface area contributed by atoms with Crippen LogP contribution in [0.25, 0.3) is 121 Å². The third kappa shape index (κ3) is 7.78. The van der Waals surface area contributed by atoms with E-state index in [2.05, 4.69) is 182 Å². The maximum atomic E-state index is 5.47. The van der Waals surface area contributed by atoms with Crippen LogP contribution in [-0.2, 0) is 0 Å². The van der Waals surface area contributed by atoms with Gasteiger partial charge in [-0.15, -0.1) is 11.3 Å². The molecule has 0 spiro atoms. The lowest BCUT2D eigenvalue weighted by atomic mass is 9.89. The number of nitrogens with zero attached hydrogens (tertiary/aromatic N) is 4. The molecular formula is C62H40N4S. The molecule has 0 bridgehead atoms. The van der Waals surface area contributed by atoms with Gasteiger partial charge in [-0.3, -0.25) is 0 Å². The van der Waals surface area contributed by atoms with E-state index in [1.807, 2.05) is 72.0 Å². The summed E-state index contributed by atoms with van der Waals surface area (Å²) in [5.41, 5.74) is 16.1. The van der Waals surface area contributed by atoms with Gasteiger partial charge in [-0.25, -0.2) is 19.9 Å². The number of para-hydroxylation sites is 1. The van der Waals surface area contributed by atoms with Crippen molar-refractivity contribution in [3.63, 3.8) is 0 Å². The molecule has 314 valence electrons. The lowest BCUT2D eigenvalue weighted by molar-refractivity contribution is 1.07. The molecule has 0 aliphatic rings. The Bertz CT molecular complexity index is 3610. The van der Waals surface area contributed by atoms with E-state index >= 15 is 0 Å². The van der Waals surface area contributed by atoms with Crippen LogP contribution in [0.15, 0.2) is 243 Å². The van der Waals surface area contributed by atoms with Crippen LogP contribution in [0.2, 0.25) is 0 Å². The molecule has 0 aliphatic heterocycles. The number of hydrogen-bond acceptors (Lipinski definition) is 5. The van der Waals surface area contributed by atoms with Gasteiger partial charge in [0.25, 0.3) is 0 Å². The van der Waals surface area contributed by atoms with E-state index in [0.717, 1.165) is 77.6 Å². The predicted octanol–water partition coefficient (Wildman–Crippen LogP) is 16.6. The van der Waals surface area contributed by atoms with Crippen LogP contribution < -0.4 is 0 Å². The maximum Gasteiger partial charge on any atom is 0.164 e. The largest absolute Gasteiger partial charge is 0.247 e. The number of rotatable bonds is 9. The first-order valence-corrected chi connectivity index (χ1v) is 23.3. The monoisotopic (exact) mass is 872 g/mol. The molecule has 0 atom stereocenters. The highest BCUT2D eigenvalue weighted by Crippen LogP contribution is 2.51. The van der Waals surface area contributed by atoms with Crippen LogP contribution in [0, 0.1) is 0 Å². The fourth-order valence-electron chi connectivity index (χ4n) is 9.05. The minimum absolute atomic E-state index is 0.623. The zero-order valence-electron chi connectivity index (χ0n) is 36.3. The first-order valence-electron chi connectivity index (χ1n) is 22.5. The Morgan fingerprint density at radius 2 is 0.657 bits per heavy atom. The van der Waals surface area contributed by atoms with E-state index in [4.69, 9.17) is 19.9 Å². The Morgan fingerprint density at radius 1 is 0.269 bits per heavy atom. The highest BCUT2D eigenvalue weighted by Gasteiger charge is 2.24. The average molecular weight is 873 g/mol. The molecule has 12 rings (SSSR count). The Morgan fingerprint density at radius 3 is 1.21 bits per heavy atom. The Balaban J connectivity index is 1.07. The molecule has 4 nitrogen and oxygen atoms in total. The summed E-state index contributed by atoms with van der Waals surface area (Å²) in [6, 6.07) is 85.4. The molecule has 0 radical (unpaired) electrons. The van der Waals surface area contributed by atoms with Crippen molar-refractivity contribution >= 4 is 32.3 Å². The standard InChI is InChI=1S/C62H40N4S/c1-6-20-41(21-7-1)50-38-51(42-22-8-2-9-23-42)40-52(39-50)55-56-57(43-24-10-3-11-25-43)63-54-35-17-16-34-53(54)59(56)67-58(55)48-32-18-30-46(36-48)47-31-19-33-49(37-47)62-65-60(44-26-12-4-13-27-44)64-61(66-62)45-28-14-5-15-29-45/h1-40H. The summed E-state index contributed by atoms with van der Waals surface area (Å²) >= 11 is 1.85. The van der Waals surface area contributed by atoms with Gasteiger partial charge in [-0.2, -0.15) is 0 Å². The van der Waals surface area contributed by atoms with E-state index in [9.17, 15) is 0 Å². The summed E-state index contributed by atoms with van der Waals surface area (Å²) in [6.07, 6.45) is 0. The van der Waals surface area contributed by atoms with Gasteiger partial charge < -0.3 is 0 Å². The summed E-state index contributed by atoms with van der Waals surface area (Å²) in [5.74, 6) is 1.90. The van der Waals surface area contributed by atoms with Gasteiger partial charge in [-0.1, -0.05) is 206 Å². The average Bonchev–Trinajstić information content (AvgIpc) is 3.83. The molecule has 67 heavy (non-hydrogen) atoms. The number of benzene rings is 9. The topological polar surface area (TPSA) is 51.6 Å². The van der Waals surface area contributed by atoms with Crippen LogP contribution in [0.3, 0.4) is 0 Å². The van der Waals surface area contributed by atoms with Crippen molar-refractivity contribution in [2.45, 2.75) is 0 Å². The first kappa shape index (κ1) is 39.9. The van der Waals surface area contributed by atoms with Gasteiger partial charge in [0.2, 0.25) is 0 Å². The normalized spacial score (nSPS) is 11.3. The molecule has 0 saturated heterocycles. The van der Waals surface area contributed by atoms with Crippen molar-refractivity contribution in [2.75, 3.05) is 0 Å². The lowest BCUT2D eigenvalue weighted by Gasteiger charge is -2.15. The number of hydrogen-bond donors (Lipinski definition) is 0. The van der Waals surface area contributed by atoms with Gasteiger partial charge in [-0.05, 0) is 80.9 Å². The molecule has 0 aliphatic carbocycles. The number of aromatic nitrogens is 4. The maximum absolute atomic E-state index is 5.47. The molecular weight excluding hydrogens is 833 g/mol. The van der Waals surface area contributed by atoms with Crippen LogP contribution in [0.1, 0.15) is 0 Å². The van der Waals surface area contributed by atoms with Gasteiger partial charge in [0, 0.05) is 48.2 Å². The molecule has 5 heteroatoms. The smallest absolute Gasteiger partial charge is 0.164 e. The highest BCUT2D eigenvalue weighted by atomic mass is 32.1. The van der Waals surface area contributed by atoms with Crippen LogP contribution >= 0.6 is 11.3 Å². The van der Waals surface area contributed by atoms with Gasteiger partial charge in [0.05, 0.1) is 11.2 Å². The third-order valence-corrected chi connectivity index (χ3v) is 13.6. The van der Waals surface area contributed by atoms with Crippen LogP contribution in [0.4, 0.5) is 0 Å². The number of fused-ring (bicyclic) bond motifs is 3. The number of pyridine rings is 1. The van der Waals surface area contributed by atoms with Crippen molar-refractivity contribution in [1.82, 2.24) is 19.9 Å². The zero-order chi connectivity index (χ0) is 44.5. The molecule has 0 fully saturated rings. The van der Waals surface area contributed by atoms with Gasteiger partial charge in [0.1, 0.15) is 0 Å². The van der Waals surface area contributed by atoms with E-state index < -0.39 is 0 Å². The summed E-state index contributed by atoms with van der Waals surface area (Å²) in [6.45, 7) is 0. The Kier molecular flexibility index (Phi) is 10.4. The molecule has 0 amide bonds. The molecule has 0 saturated carbocycles. The van der Waals surface area contributed by atoms with E-state index in [1.54, 1.807) is 0 Å². The SMILES string of the molecule is c1ccc(-c2cc(-c3ccccc3)cc(-c3c(-c4cccc(-c5cccc(-c6nc(-c7ccccc7)nc(-c7ccccc7)n6)c5)c4)sc4c3c(-c3ccccc3)nc3ccccc34)c2)cc1. The van der Waals surface area contributed by atoms with Crippen molar-refractivity contribution in [1.29, 1.82) is 0 Å². The Hall–Kier alpha value is -8.64. The fraction of sp³-hybridized carbons (Fsp3) is 0. The molecule has 9 aromatic carbocycles. The summed E-state index contributed by atoms with van der Waals surface area (Å²) in [4.78, 5) is 21.7. The Labute approximate surface area is 393 Å². The quantitative estimate of drug-likeness (QED) is 0.145. The minimum Gasteiger partial charge on any atom is -0.247 e. The zero-order valence-corrected chi connectivity index (χ0v) is 37.1. The summed E-state index contributed by atoms with van der Waals surface area (Å²) < 4.78 is 1.21. The first-order chi connectivity index (χ1) is 33.2. The van der Waals surface area contributed by atoms with E-state index in [0.29, 0.717) is 17.5 Å². The highest BCUT2D eigenvalue weighted by molar-refractivity contribution is 7.24. The summed E-state index contributed by atoms with van der Waals surface area (Å²) in [7, 11) is 0. The van der Waals surface area contributed by atoms with Crippen molar-refractivity contribution in [3.8, 4) is 100 Å². The van der Waals surface area contributed by atoms with E-state index in [-0.39, 0.29) is 0 Å². The predicted molar refractivity (Wildman–Crippen MR) is 279 cm³/mol. The van der Waals surface area contributed by atoms with Crippen molar-refractivity contribution in [3.05, 3.63) is 243 Å². The minimum atomic E-state index is 0.623. The second-order valence-corrected chi connectivity index (χ2v) is 17.6. The summed E-state index contributed by atoms with van der Waals surface area (Å²) in [5, 5.41) is 2.29. The number of thiophene rings is 1. The molecule has 12 aromatic rings. The van der Waals surface area contributed by atoms with E-state index in [1.165, 1.54) is 26.3 Å². The fourth-order valence-corrected chi connectivity index (χ4v) is 10.4. The van der Waals surface area contributed by atoms with Gasteiger partial charge >= 0.3 is 0 Å². The molecule has 3 heterocycles. The second-order valence-electron chi connectivity index (χ2n) is 16.6. The third-order valence-electron chi connectivity index (χ3n) is 12.3. The lowest BCUT2D eigenvalue weighted by Crippen LogP contribution is -2.00. The second kappa shape index (κ2) is 17.4. The molecule has 0 unspecified atom stereocenters. The van der Waals surface area contributed by atoms with Crippen molar-refractivity contribution in [2.24, 2.45) is 0 Å². The van der Waals surface area contributed by atoms with Crippen LogP contribution in [-0.4, -0.2) is 19.9 Å². The van der Waals surface area contributed by atoms with Gasteiger partial charge in [0.15, 0.2) is 17.5 Å². The van der Waals surface area contributed by atoms with Crippen molar-refractivity contribution < 1.29 is 0 Å². The molecule has 0 N–H and O–H groups in total. The molecule has 3 aromatic heterocycles. The van der Waals surface area contributed by atoms with Crippen LogP contribution in [0.5, 0.6) is 0 Å².